The number of halogens is 1. The minimum absolute atomic E-state index is 0.0412. The van der Waals surface area contributed by atoms with Crippen molar-refractivity contribution in [2.45, 2.75) is 19.4 Å². The van der Waals surface area contributed by atoms with Crippen molar-refractivity contribution in [2.75, 3.05) is 5.32 Å². The summed E-state index contributed by atoms with van der Waals surface area (Å²) in [5, 5.41) is 11.6. The average Bonchev–Trinajstić information content (AvgIpc) is 2.19. The monoisotopic (exact) mass is 256 g/mol. The van der Waals surface area contributed by atoms with Crippen molar-refractivity contribution in [3.63, 3.8) is 0 Å². The number of carboxylic acids is 1. The largest absolute Gasteiger partial charge is 0.478 e. The van der Waals surface area contributed by atoms with Crippen LogP contribution in [-0.4, -0.2) is 22.5 Å². The normalized spacial score (nSPS) is 11.1. The Bertz CT molecular complexity index is 466. The minimum atomic E-state index is -1.09. The van der Waals surface area contributed by atoms with Crippen molar-refractivity contribution in [3.8, 4) is 0 Å². The molecule has 1 rings (SSSR count). The van der Waals surface area contributed by atoms with Crippen molar-refractivity contribution in [1.29, 1.82) is 0 Å². The van der Waals surface area contributed by atoms with E-state index in [1.807, 2.05) is 0 Å². The number of hydrogen-bond acceptors (Lipinski definition) is 3. The van der Waals surface area contributed by atoms with Crippen LogP contribution in [0.25, 0.3) is 0 Å². The van der Waals surface area contributed by atoms with Crippen LogP contribution >= 0.6 is 11.6 Å². The molecule has 0 aliphatic carbocycles. The van der Waals surface area contributed by atoms with Crippen LogP contribution in [0, 0.1) is 0 Å². The summed E-state index contributed by atoms with van der Waals surface area (Å²) in [5.74, 6) is -1.54. The molecule has 0 aliphatic rings. The fourth-order valence-corrected chi connectivity index (χ4v) is 1.20. The van der Waals surface area contributed by atoms with E-state index in [0.29, 0.717) is 0 Å². The lowest BCUT2D eigenvalue weighted by atomic mass is 10.1. The lowest BCUT2D eigenvalue weighted by Crippen LogP contribution is -2.45. The second kappa shape index (κ2) is 4.73. The number of nitrogens with one attached hydrogen (secondary N) is 1. The van der Waals surface area contributed by atoms with E-state index >= 15 is 0 Å². The quantitative estimate of drug-likeness (QED) is 0.768. The highest BCUT2D eigenvalue weighted by molar-refractivity contribution is 6.34. The Morgan fingerprint density at radius 3 is 2.47 bits per heavy atom. The zero-order valence-electron chi connectivity index (χ0n) is 9.45. The van der Waals surface area contributed by atoms with Crippen molar-refractivity contribution < 1.29 is 14.7 Å². The summed E-state index contributed by atoms with van der Waals surface area (Å²) in [7, 11) is 0. The number of carbonyl (C=O) groups is 2. The number of carbonyl (C=O) groups excluding carboxylic acids is 1. The van der Waals surface area contributed by atoms with Crippen molar-refractivity contribution in [1.82, 2.24) is 0 Å². The van der Waals surface area contributed by atoms with Gasteiger partial charge in [-0.1, -0.05) is 11.6 Å². The Morgan fingerprint density at radius 1 is 1.41 bits per heavy atom. The van der Waals surface area contributed by atoms with E-state index in [-0.39, 0.29) is 16.3 Å². The van der Waals surface area contributed by atoms with Crippen LogP contribution < -0.4 is 11.1 Å². The van der Waals surface area contributed by atoms with E-state index in [0.717, 1.165) is 0 Å². The summed E-state index contributed by atoms with van der Waals surface area (Å²) >= 11 is 5.85. The van der Waals surface area contributed by atoms with Crippen LogP contribution in [0.15, 0.2) is 18.2 Å². The molecule has 0 bridgehead atoms. The molecule has 0 saturated carbocycles. The molecule has 0 radical (unpaired) electrons. The SMILES string of the molecule is CC(C)(N)C(=O)Nc1cc(C(=O)O)ccc1Cl. The van der Waals surface area contributed by atoms with Gasteiger partial charge in [0, 0.05) is 0 Å². The topological polar surface area (TPSA) is 92.4 Å². The minimum Gasteiger partial charge on any atom is -0.478 e. The van der Waals surface area contributed by atoms with E-state index in [2.05, 4.69) is 5.32 Å². The van der Waals surface area contributed by atoms with E-state index in [1.54, 1.807) is 0 Å². The third-order valence-corrected chi connectivity index (χ3v) is 2.38. The van der Waals surface area contributed by atoms with Gasteiger partial charge in [0.25, 0.3) is 0 Å². The maximum atomic E-state index is 11.6. The van der Waals surface area contributed by atoms with E-state index in [4.69, 9.17) is 22.4 Å². The molecule has 1 aromatic rings. The van der Waals surface area contributed by atoms with Gasteiger partial charge in [0.05, 0.1) is 21.8 Å². The number of hydrogen-bond donors (Lipinski definition) is 3. The van der Waals surface area contributed by atoms with Gasteiger partial charge in [0.15, 0.2) is 0 Å². The summed E-state index contributed by atoms with van der Waals surface area (Å²) in [4.78, 5) is 22.4. The Kier molecular flexibility index (Phi) is 3.75. The van der Waals surface area contributed by atoms with E-state index < -0.39 is 17.4 Å². The summed E-state index contributed by atoms with van der Waals surface area (Å²) in [6.07, 6.45) is 0. The van der Waals surface area contributed by atoms with Gasteiger partial charge in [-0.05, 0) is 32.0 Å². The number of anilines is 1. The molecule has 0 fully saturated rings. The molecular weight excluding hydrogens is 244 g/mol. The fraction of sp³-hybridized carbons (Fsp3) is 0.273. The van der Waals surface area contributed by atoms with Gasteiger partial charge >= 0.3 is 5.97 Å². The number of rotatable bonds is 3. The first-order valence-corrected chi connectivity index (χ1v) is 5.23. The zero-order chi connectivity index (χ0) is 13.2. The highest BCUT2D eigenvalue weighted by atomic mass is 35.5. The smallest absolute Gasteiger partial charge is 0.335 e. The van der Waals surface area contributed by atoms with Gasteiger partial charge in [0.2, 0.25) is 5.91 Å². The number of amides is 1. The summed E-state index contributed by atoms with van der Waals surface area (Å²) < 4.78 is 0. The Balaban J connectivity index is 3.02. The molecule has 0 unspecified atom stereocenters. The maximum absolute atomic E-state index is 11.6. The second-order valence-electron chi connectivity index (χ2n) is 4.18. The van der Waals surface area contributed by atoms with Crippen molar-refractivity contribution in [3.05, 3.63) is 28.8 Å². The molecule has 92 valence electrons. The molecule has 0 aromatic heterocycles. The third-order valence-electron chi connectivity index (χ3n) is 2.05. The molecule has 0 heterocycles. The van der Waals surface area contributed by atoms with Gasteiger partial charge in [-0.15, -0.1) is 0 Å². The highest BCUT2D eigenvalue weighted by Gasteiger charge is 2.22. The van der Waals surface area contributed by atoms with E-state index in [9.17, 15) is 9.59 Å². The zero-order valence-corrected chi connectivity index (χ0v) is 10.2. The number of benzene rings is 1. The van der Waals surface area contributed by atoms with Crippen molar-refractivity contribution in [2.24, 2.45) is 5.73 Å². The van der Waals surface area contributed by atoms with Crippen LogP contribution in [0.1, 0.15) is 24.2 Å². The Labute approximate surface area is 104 Å². The molecule has 1 amide bonds. The lowest BCUT2D eigenvalue weighted by Gasteiger charge is -2.18. The standard InChI is InChI=1S/C11H13ClN2O3/c1-11(2,13)10(17)14-8-5-6(9(15)16)3-4-7(8)12/h3-5H,13H2,1-2H3,(H,14,17)(H,15,16). The maximum Gasteiger partial charge on any atom is 0.335 e. The predicted molar refractivity (Wildman–Crippen MR) is 65.3 cm³/mol. The third kappa shape index (κ3) is 3.44. The molecule has 0 atom stereocenters. The molecule has 0 aliphatic heterocycles. The van der Waals surface area contributed by atoms with Crippen LogP contribution in [0.2, 0.25) is 5.02 Å². The lowest BCUT2D eigenvalue weighted by molar-refractivity contribution is -0.120. The first-order chi connectivity index (χ1) is 7.71. The van der Waals surface area contributed by atoms with Crippen LogP contribution in [0.4, 0.5) is 5.69 Å². The molecule has 17 heavy (non-hydrogen) atoms. The molecule has 5 nitrogen and oxygen atoms in total. The van der Waals surface area contributed by atoms with Gasteiger partial charge in [-0.25, -0.2) is 4.79 Å². The molecule has 0 saturated heterocycles. The van der Waals surface area contributed by atoms with Gasteiger partial charge < -0.3 is 16.2 Å². The van der Waals surface area contributed by atoms with Gasteiger partial charge in [-0.2, -0.15) is 0 Å². The summed E-state index contributed by atoms with van der Waals surface area (Å²) in [5.41, 5.74) is 4.81. The van der Waals surface area contributed by atoms with Crippen LogP contribution in [0.3, 0.4) is 0 Å². The Hall–Kier alpha value is -1.59. The summed E-state index contributed by atoms with van der Waals surface area (Å²) in [6.45, 7) is 3.08. The first kappa shape index (κ1) is 13.5. The molecule has 1 aromatic carbocycles. The van der Waals surface area contributed by atoms with Gasteiger partial charge in [0.1, 0.15) is 0 Å². The predicted octanol–water partition coefficient (Wildman–Crippen LogP) is 1.71. The van der Waals surface area contributed by atoms with Gasteiger partial charge in [-0.3, -0.25) is 4.79 Å². The highest BCUT2D eigenvalue weighted by Crippen LogP contribution is 2.23. The van der Waals surface area contributed by atoms with Crippen LogP contribution in [-0.2, 0) is 4.79 Å². The average molecular weight is 257 g/mol. The van der Waals surface area contributed by atoms with Crippen LogP contribution in [0.5, 0.6) is 0 Å². The Morgan fingerprint density at radius 2 is 2.00 bits per heavy atom. The van der Waals surface area contributed by atoms with E-state index in [1.165, 1.54) is 32.0 Å². The second-order valence-corrected chi connectivity index (χ2v) is 4.58. The molecule has 6 heteroatoms. The molecule has 0 spiro atoms. The first-order valence-electron chi connectivity index (χ1n) is 4.85. The fourth-order valence-electron chi connectivity index (χ4n) is 1.04. The molecule has 4 N–H and O–H groups in total. The van der Waals surface area contributed by atoms with Crippen molar-refractivity contribution >= 4 is 29.2 Å². The number of nitrogens with two attached hydrogens (primary N) is 1. The summed E-state index contributed by atoms with van der Waals surface area (Å²) in [6, 6.07) is 4.05. The molecular formula is C11H13ClN2O3. The number of carboxylic acid groups (broad SMARTS) is 1. The number of aromatic carboxylic acids is 1.